The van der Waals surface area contributed by atoms with Crippen LogP contribution in [0.25, 0.3) is 0 Å². The molecule has 0 bridgehead atoms. The predicted octanol–water partition coefficient (Wildman–Crippen LogP) is 1.74. The van der Waals surface area contributed by atoms with Crippen molar-refractivity contribution >= 4 is 17.2 Å². The summed E-state index contributed by atoms with van der Waals surface area (Å²) in [5.74, 6) is 4.58. The lowest BCUT2D eigenvalue weighted by atomic mass is 10.3. The van der Waals surface area contributed by atoms with Crippen LogP contribution < -0.4 is 11.3 Å². The molecule has 0 spiro atoms. The lowest BCUT2D eigenvalue weighted by Gasteiger charge is -2.16. The van der Waals surface area contributed by atoms with Crippen LogP contribution >= 0.6 is 11.3 Å². The molecule has 0 aliphatic carbocycles. The summed E-state index contributed by atoms with van der Waals surface area (Å²) < 4.78 is 36.1. The zero-order valence-corrected chi connectivity index (χ0v) is 10.6. The van der Waals surface area contributed by atoms with Gasteiger partial charge in [0.15, 0.2) is 0 Å². The first-order valence-corrected chi connectivity index (χ1v) is 5.98. The summed E-state index contributed by atoms with van der Waals surface area (Å²) in [6, 6.07) is 3.30. The smallest absolute Gasteiger partial charge is 0.301 e. The lowest BCUT2D eigenvalue weighted by molar-refractivity contribution is -0.137. The van der Waals surface area contributed by atoms with E-state index < -0.39 is 18.5 Å². The summed E-state index contributed by atoms with van der Waals surface area (Å²) in [4.78, 5) is 14.0. The fourth-order valence-corrected chi connectivity index (χ4v) is 2.31. The van der Waals surface area contributed by atoms with E-state index in [2.05, 4.69) is 0 Å². The van der Waals surface area contributed by atoms with E-state index in [1.165, 1.54) is 11.3 Å². The average Bonchev–Trinajstić information content (AvgIpc) is 2.73. The van der Waals surface area contributed by atoms with E-state index in [1.54, 1.807) is 24.1 Å². The SMILES string of the molecule is CN(CCC(F)(F)F)Cc1ccc(C(=O)NN)s1. The second-order valence-corrected chi connectivity index (χ2v) is 5.01. The Bertz CT molecular complexity index is 405. The Morgan fingerprint density at radius 2 is 2.17 bits per heavy atom. The third-order valence-electron chi connectivity index (χ3n) is 2.22. The number of carbonyl (C=O) groups is 1. The summed E-state index contributed by atoms with van der Waals surface area (Å²) >= 11 is 1.21. The molecule has 0 saturated heterocycles. The first-order chi connectivity index (χ1) is 8.31. The molecule has 1 heterocycles. The first-order valence-electron chi connectivity index (χ1n) is 5.17. The van der Waals surface area contributed by atoms with Crippen LogP contribution in [0.3, 0.4) is 0 Å². The predicted molar refractivity (Wildman–Crippen MR) is 63.0 cm³/mol. The lowest BCUT2D eigenvalue weighted by Crippen LogP contribution is -2.29. The number of alkyl halides is 3. The number of carbonyl (C=O) groups excluding carboxylic acids is 1. The molecule has 18 heavy (non-hydrogen) atoms. The van der Waals surface area contributed by atoms with Gasteiger partial charge in [0.25, 0.3) is 5.91 Å². The van der Waals surface area contributed by atoms with Crippen LogP contribution in [0.2, 0.25) is 0 Å². The number of halogens is 3. The fourth-order valence-electron chi connectivity index (χ4n) is 1.32. The van der Waals surface area contributed by atoms with Crippen LogP contribution in [0.5, 0.6) is 0 Å². The van der Waals surface area contributed by atoms with Crippen molar-refractivity contribution in [3.63, 3.8) is 0 Å². The number of nitrogens with two attached hydrogens (primary N) is 1. The Kier molecular flexibility index (Phi) is 5.12. The maximum atomic E-state index is 12.0. The number of hydrazine groups is 1. The number of nitrogens with zero attached hydrogens (tertiary/aromatic N) is 1. The van der Waals surface area contributed by atoms with Crippen LogP contribution in [0.15, 0.2) is 12.1 Å². The molecule has 0 atom stereocenters. The number of nitrogens with one attached hydrogen (secondary N) is 1. The molecule has 4 nitrogen and oxygen atoms in total. The number of amides is 1. The topological polar surface area (TPSA) is 58.4 Å². The Labute approximate surface area is 107 Å². The molecule has 0 aromatic carbocycles. The van der Waals surface area contributed by atoms with Crippen LogP contribution in [0, 0.1) is 0 Å². The van der Waals surface area contributed by atoms with Gasteiger partial charge in [-0.2, -0.15) is 13.2 Å². The van der Waals surface area contributed by atoms with E-state index in [-0.39, 0.29) is 6.54 Å². The average molecular weight is 281 g/mol. The van der Waals surface area contributed by atoms with Gasteiger partial charge in [0, 0.05) is 18.0 Å². The fraction of sp³-hybridized carbons (Fsp3) is 0.500. The Hall–Kier alpha value is -1.12. The van der Waals surface area contributed by atoms with Crippen LogP contribution in [-0.4, -0.2) is 30.6 Å². The molecule has 0 aliphatic rings. The number of hydrogen-bond acceptors (Lipinski definition) is 4. The normalized spacial score (nSPS) is 11.9. The van der Waals surface area contributed by atoms with Gasteiger partial charge < -0.3 is 4.90 Å². The van der Waals surface area contributed by atoms with E-state index in [0.717, 1.165) is 4.88 Å². The zero-order chi connectivity index (χ0) is 13.8. The van der Waals surface area contributed by atoms with Crippen molar-refractivity contribution in [1.82, 2.24) is 10.3 Å². The van der Waals surface area contributed by atoms with Gasteiger partial charge in [0.05, 0.1) is 11.3 Å². The Balaban J connectivity index is 2.47. The summed E-state index contributed by atoms with van der Waals surface area (Å²) in [7, 11) is 1.61. The van der Waals surface area contributed by atoms with Gasteiger partial charge in [-0.25, -0.2) is 5.84 Å². The highest BCUT2D eigenvalue weighted by Crippen LogP contribution is 2.21. The number of thiophene rings is 1. The van der Waals surface area contributed by atoms with Crippen molar-refractivity contribution < 1.29 is 18.0 Å². The van der Waals surface area contributed by atoms with Crippen molar-refractivity contribution in [2.75, 3.05) is 13.6 Å². The van der Waals surface area contributed by atoms with Gasteiger partial charge in [-0.3, -0.25) is 10.2 Å². The Morgan fingerprint density at radius 3 is 2.72 bits per heavy atom. The van der Waals surface area contributed by atoms with E-state index >= 15 is 0 Å². The molecule has 102 valence electrons. The third kappa shape index (κ3) is 5.03. The van der Waals surface area contributed by atoms with Gasteiger partial charge in [0.1, 0.15) is 0 Å². The van der Waals surface area contributed by atoms with E-state index in [4.69, 9.17) is 5.84 Å². The highest BCUT2D eigenvalue weighted by atomic mass is 32.1. The summed E-state index contributed by atoms with van der Waals surface area (Å²) in [6.07, 6.45) is -4.99. The molecule has 0 aliphatic heterocycles. The van der Waals surface area contributed by atoms with Crippen LogP contribution in [0.1, 0.15) is 21.0 Å². The van der Waals surface area contributed by atoms with E-state index in [0.29, 0.717) is 11.4 Å². The summed E-state index contributed by atoms with van der Waals surface area (Å²) in [5, 5.41) is 0. The minimum Gasteiger partial charge on any atom is -0.301 e. The molecule has 0 radical (unpaired) electrons. The quantitative estimate of drug-likeness (QED) is 0.491. The van der Waals surface area contributed by atoms with Gasteiger partial charge in [-0.1, -0.05) is 0 Å². The Morgan fingerprint density at radius 1 is 1.50 bits per heavy atom. The second-order valence-electron chi connectivity index (χ2n) is 3.84. The van der Waals surface area contributed by atoms with Gasteiger partial charge in [-0.05, 0) is 19.2 Å². The van der Waals surface area contributed by atoms with Crippen molar-refractivity contribution in [1.29, 1.82) is 0 Å². The molecule has 1 amide bonds. The second kappa shape index (κ2) is 6.17. The number of rotatable bonds is 5. The standard InChI is InChI=1S/C10H14F3N3OS/c1-16(5-4-10(11,12)13)6-7-2-3-8(18-7)9(17)15-14/h2-3H,4-6,14H2,1H3,(H,15,17). The molecular formula is C10H14F3N3OS. The minimum atomic E-state index is -4.14. The van der Waals surface area contributed by atoms with Crippen molar-refractivity contribution in [2.24, 2.45) is 5.84 Å². The molecule has 8 heteroatoms. The molecule has 1 aromatic heterocycles. The first kappa shape index (κ1) is 14.9. The number of hydrogen-bond donors (Lipinski definition) is 2. The van der Waals surface area contributed by atoms with E-state index in [1.807, 2.05) is 5.43 Å². The molecule has 1 rings (SSSR count). The van der Waals surface area contributed by atoms with Crippen molar-refractivity contribution in [3.8, 4) is 0 Å². The van der Waals surface area contributed by atoms with Gasteiger partial charge in [-0.15, -0.1) is 11.3 Å². The van der Waals surface area contributed by atoms with Crippen molar-refractivity contribution in [2.45, 2.75) is 19.1 Å². The maximum Gasteiger partial charge on any atom is 0.390 e. The molecule has 0 unspecified atom stereocenters. The monoisotopic (exact) mass is 281 g/mol. The van der Waals surface area contributed by atoms with Crippen LogP contribution in [-0.2, 0) is 6.54 Å². The summed E-state index contributed by atoms with van der Waals surface area (Å²) in [6.45, 7) is 0.304. The van der Waals surface area contributed by atoms with Crippen molar-refractivity contribution in [3.05, 3.63) is 21.9 Å². The summed E-state index contributed by atoms with van der Waals surface area (Å²) in [5.41, 5.74) is 2.00. The molecule has 0 fully saturated rings. The highest BCUT2D eigenvalue weighted by Gasteiger charge is 2.27. The number of nitrogen functional groups attached to an aromatic ring is 1. The third-order valence-corrected chi connectivity index (χ3v) is 3.29. The van der Waals surface area contributed by atoms with Gasteiger partial charge >= 0.3 is 6.18 Å². The maximum absolute atomic E-state index is 12.0. The minimum absolute atomic E-state index is 0.0696. The molecular weight excluding hydrogens is 267 g/mol. The highest BCUT2D eigenvalue weighted by molar-refractivity contribution is 7.14. The molecule has 3 N–H and O–H groups in total. The molecule has 1 aromatic rings. The van der Waals surface area contributed by atoms with Gasteiger partial charge in [0.2, 0.25) is 0 Å². The zero-order valence-electron chi connectivity index (χ0n) is 9.75. The van der Waals surface area contributed by atoms with Crippen LogP contribution in [0.4, 0.5) is 13.2 Å². The van der Waals surface area contributed by atoms with E-state index in [9.17, 15) is 18.0 Å². The largest absolute Gasteiger partial charge is 0.390 e. The molecule has 0 saturated carbocycles.